The molecule has 2 aliphatic heterocycles. The lowest BCUT2D eigenvalue weighted by molar-refractivity contribution is -0.120. The predicted molar refractivity (Wildman–Crippen MR) is 111 cm³/mol. The van der Waals surface area contributed by atoms with Crippen LogP contribution < -0.4 is 9.64 Å². The summed E-state index contributed by atoms with van der Waals surface area (Å²) in [6.07, 6.45) is 8.34. The molecule has 1 saturated heterocycles. The number of aromatic nitrogens is 2. The molecule has 1 atom stereocenters. The van der Waals surface area contributed by atoms with Crippen molar-refractivity contribution in [3.8, 4) is 16.9 Å². The summed E-state index contributed by atoms with van der Waals surface area (Å²) in [7, 11) is 0. The third kappa shape index (κ3) is 3.33. The molecule has 0 unspecified atom stereocenters. The Kier molecular flexibility index (Phi) is 4.42. The Labute approximate surface area is 171 Å². The lowest BCUT2D eigenvalue weighted by atomic mass is 9.89. The van der Waals surface area contributed by atoms with E-state index >= 15 is 0 Å². The number of hydrogen-bond acceptors (Lipinski definition) is 4. The maximum Gasteiger partial charge on any atom is 0.224 e. The Morgan fingerprint density at radius 1 is 1.31 bits per heavy atom. The molecule has 2 fully saturated rings. The zero-order chi connectivity index (χ0) is 20.2. The van der Waals surface area contributed by atoms with E-state index in [1.165, 1.54) is 12.8 Å². The molecule has 0 N–H and O–H groups in total. The van der Waals surface area contributed by atoms with E-state index in [0.717, 1.165) is 54.2 Å². The van der Waals surface area contributed by atoms with Crippen molar-refractivity contribution < 1.29 is 14.3 Å². The summed E-state index contributed by atoms with van der Waals surface area (Å²) in [5.74, 6) is 0.988. The molecule has 1 aliphatic carbocycles. The van der Waals surface area contributed by atoms with E-state index in [9.17, 15) is 4.79 Å². The number of anilines is 1. The first-order valence-corrected chi connectivity index (χ1v) is 10.7. The van der Waals surface area contributed by atoms with E-state index in [-0.39, 0.29) is 17.4 Å². The standard InChI is InChI=1S/C23H29N3O3/c1-15-4-7-20-21(26(15)16(2)27)9-8-19(17-10-24-25(11-17)18-5-6-18)22(20)29-14-23(3)12-28-13-23/h8-11,15,18H,4-7,12-14H2,1-3H3/t15-/m0/s1. The van der Waals surface area contributed by atoms with Crippen LogP contribution in [0.25, 0.3) is 11.1 Å². The summed E-state index contributed by atoms with van der Waals surface area (Å²) >= 11 is 0. The van der Waals surface area contributed by atoms with Gasteiger partial charge >= 0.3 is 0 Å². The minimum absolute atomic E-state index is 0.0560. The van der Waals surface area contributed by atoms with Gasteiger partial charge in [-0.25, -0.2) is 0 Å². The minimum atomic E-state index is 0.0560. The second-order valence-corrected chi connectivity index (χ2v) is 9.25. The molecule has 1 aromatic heterocycles. The second kappa shape index (κ2) is 6.87. The molecular weight excluding hydrogens is 366 g/mol. The van der Waals surface area contributed by atoms with Gasteiger partial charge in [0.25, 0.3) is 0 Å². The molecule has 0 bridgehead atoms. The fourth-order valence-corrected chi connectivity index (χ4v) is 4.47. The summed E-state index contributed by atoms with van der Waals surface area (Å²) in [4.78, 5) is 14.3. The van der Waals surface area contributed by atoms with E-state index in [2.05, 4.69) is 42.0 Å². The Morgan fingerprint density at radius 3 is 2.76 bits per heavy atom. The van der Waals surface area contributed by atoms with Crippen LogP contribution in [0.2, 0.25) is 0 Å². The highest BCUT2D eigenvalue weighted by atomic mass is 16.5. The van der Waals surface area contributed by atoms with Crippen LogP contribution >= 0.6 is 0 Å². The minimum Gasteiger partial charge on any atom is -0.492 e. The molecule has 0 radical (unpaired) electrons. The van der Waals surface area contributed by atoms with Gasteiger partial charge in [0.15, 0.2) is 0 Å². The number of rotatable bonds is 5. The third-order valence-corrected chi connectivity index (χ3v) is 6.39. The second-order valence-electron chi connectivity index (χ2n) is 9.25. The van der Waals surface area contributed by atoms with Gasteiger partial charge in [-0.1, -0.05) is 6.92 Å². The number of carbonyl (C=O) groups excluding carboxylic acids is 1. The molecule has 6 nitrogen and oxygen atoms in total. The van der Waals surface area contributed by atoms with E-state index in [0.29, 0.717) is 12.6 Å². The summed E-state index contributed by atoms with van der Waals surface area (Å²) in [5, 5.41) is 4.58. The van der Waals surface area contributed by atoms with Crippen LogP contribution in [0.15, 0.2) is 24.5 Å². The van der Waals surface area contributed by atoms with E-state index < -0.39 is 0 Å². The predicted octanol–water partition coefficient (Wildman–Crippen LogP) is 3.99. The average molecular weight is 396 g/mol. The topological polar surface area (TPSA) is 56.6 Å². The van der Waals surface area contributed by atoms with Crippen LogP contribution in [0, 0.1) is 5.41 Å². The van der Waals surface area contributed by atoms with Crippen molar-refractivity contribution >= 4 is 11.6 Å². The molecule has 1 aromatic carbocycles. The number of hydrogen-bond donors (Lipinski definition) is 0. The van der Waals surface area contributed by atoms with Gasteiger partial charge in [-0.2, -0.15) is 5.10 Å². The fourth-order valence-electron chi connectivity index (χ4n) is 4.47. The third-order valence-electron chi connectivity index (χ3n) is 6.39. The number of carbonyl (C=O) groups is 1. The molecule has 1 saturated carbocycles. The van der Waals surface area contributed by atoms with Crippen molar-refractivity contribution in [1.29, 1.82) is 0 Å². The lowest BCUT2D eigenvalue weighted by Gasteiger charge is -2.39. The lowest BCUT2D eigenvalue weighted by Crippen LogP contribution is -2.44. The van der Waals surface area contributed by atoms with Crippen LogP contribution in [0.1, 0.15) is 51.6 Å². The van der Waals surface area contributed by atoms with Gasteiger partial charge in [0.05, 0.1) is 37.7 Å². The molecule has 0 spiro atoms. The van der Waals surface area contributed by atoms with Crippen LogP contribution in [0.4, 0.5) is 5.69 Å². The molecule has 1 amide bonds. The number of nitrogens with zero attached hydrogens (tertiary/aromatic N) is 3. The Morgan fingerprint density at radius 2 is 2.10 bits per heavy atom. The van der Waals surface area contributed by atoms with Crippen LogP contribution in [-0.2, 0) is 16.0 Å². The smallest absolute Gasteiger partial charge is 0.224 e. The first-order valence-electron chi connectivity index (χ1n) is 10.7. The maximum absolute atomic E-state index is 12.4. The van der Waals surface area contributed by atoms with E-state index in [1.807, 2.05) is 11.1 Å². The van der Waals surface area contributed by atoms with Crippen LogP contribution in [0.5, 0.6) is 5.75 Å². The van der Waals surface area contributed by atoms with Crippen molar-refractivity contribution in [2.24, 2.45) is 5.41 Å². The highest BCUT2D eigenvalue weighted by Gasteiger charge is 2.36. The van der Waals surface area contributed by atoms with Gasteiger partial charge in [-0.3, -0.25) is 9.48 Å². The van der Waals surface area contributed by atoms with E-state index in [1.54, 1.807) is 6.92 Å². The van der Waals surface area contributed by atoms with Gasteiger partial charge in [0.2, 0.25) is 5.91 Å². The van der Waals surface area contributed by atoms with Gasteiger partial charge in [-0.15, -0.1) is 0 Å². The fraction of sp³-hybridized carbons (Fsp3) is 0.565. The zero-order valence-corrected chi connectivity index (χ0v) is 17.5. The molecular formula is C23H29N3O3. The largest absolute Gasteiger partial charge is 0.492 e. The Hall–Kier alpha value is -2.34. The van der Waals surface area contributed by atoms with Crippen molar-refractivity contribution in [2.45, 2.75) is 58.5 Å². The van der Waals surface area contributed by atoms with Gasteiger partial charge < -0.3 is 14.4 Å². The van der Waals surface area contributed by atoms with E-state index in [4.69, 9.17) is 9.47 Å². The first-order chi connectivity index (χ1) is 14.0. The molecule has 154 valence electrons. The summed E-state index contributed by atoms with van der Waals surface area (Å²) in [6, 6.07) is 4.92. The van der Waals surface area contributed by atoms with Gasteiger partial charge in [0.1, 0.15) is 5.75 Å². The van der Waals surface area contributed by atoms with Crippen molar-refractivity contribution in [3.05, 3.63) is 30.1 Å². The SMILES string of the molecule is CC(=O)N1c2ccc(-c3cnn(C4CC4)c3)c(OCC3(C)COC3)c2CC[C@@H]1C. The van der Waals surface area contributed by atoms with Crippen LogP contribution in [0.3, 0.4) is 0 Å². The van der Waals surface area contributed by atoms with Crippen LogP contribution in [-0.4, -0.2) is 41.6 Å². The monoisotopic (exact) mass is 395 g/mol. The highest BCUT2D eigenvalue weighted by Crippen LogP contribution is 2.44. The van der Waals surface area contributed by atoms with Gasteiger partial charge in [0, 0.05) is 41.3 Å². The molecule has 2 aromatic rings. The first kappa shape index (κ1) is 18.7. The maximum atomic E-state index is 12.4. The normalized spacial score (nSPS) is 22.7. The zero-order valence-electron chi connectivity index (χ0n) is 17.5. The Bertz CT molecular complexity index is 943. The number of ether oxygens (including phenoxy) is 2. The molecule has 3 aliphatic rings. The molecule has 6 heteroatoms. The number of amides is 1. The summed E-state index contributed by atoms with van der Waals surface area (Å²) in [6.45, 7) is 8.03. The van der Waals surface area contributed by atoms with Crippen molar-refractivity contribution in [3.63, 3.8) is 0 Å². The number of fused-ring (bicyclic) bond motifs is 1. The quantitative estimate of drug-likeness (QED) is 0.768. The summed E-state index contributed by atoms with van der Waals surface area (Å²) < 4.78 is 14.0. The Balaban J connectivity index is 1.57. The van der Waals surface area contributed by atoms with Crippen molar-refractivity contribution in [1.82, 2.24) is 9.78 Å². The van der Waals surface area contributed by atoms with Gasteiger partial charge in [-0.05, 0) is 44.7 Å². The average Bonchev–Trinajstić information content (AvgIpc) is 3.41. The molecule has 5 rings (SSSR count). The highest BCUT2D eigenvalue weighted by molar-refractivity contribution is 5.95. The number of benzene rings is 1. The molecule has 3 heterocycles. The molecule has 29 heavy (non-hydrogen) atoms. The summed E-state index contributed by atoms with van der Waals surface area (Å²) in [5.41, 5.74) is 4.33. The van der Waals surface area contributed by atoms with Crippen molar-refractivity contribution in [2.75, 3.05) is 24.7 Å².